The molecule has 0 aliphatic heterocycles. The highest BCUT2D eigenvalue weighted by molar-refractivity contribution is 7.86. The number of hydrogen-bond acceptors (Lipinski definition) is 3. The van der Waals surface area contributed by atoms with Crippen molar-refractivity contribution in [3.05, 3.63) is 7.11 Å². The van der Waals surface area contributed by atoms with Gasteiger partial charge in [0.05, 0.1) is 12.4 Å². The molecule has 0 aromatic carbocycles. The smallest absolute Gasteiger partial charge is 0.267 e. The van der Waals surface area contributed by atoms with Crippen molar-refractivity contribution in [3.63, 3.8) is 0 Å². The summed E-state index contributed by atoms with van der Waals surface area (Å²) >= 11 is 0. The average Bonchev–Trinajstić information content (AvgIpc) is 1.80. The van der Waals surface area contributed by atoms with E-state index in [0.717, 1.165) is 0 Å². The van der Waals surface area contributed by atoms with Crippen molar-refractivity contribution in [1.82, 2.24) is 0 Å². The monoisotopic (exact) mass is 167 g/mol. The van der Waals surface area contributed by atoms with Crippen LogP contribution in [0.15, 0.2) is 0 Å². The van der Waals surface area contributed by atoms with E-state index in [1.807, 2.05) is 0 Å². The van der Waals surface area contributed by atoms with Crippen molar-refractivity contribution in [3.8, 4) is 0 Å². The van der Waals surface area contributed by atoms with Crippen molar-refractivity contribution >= 4 is 10.1 Å². The molecule has 1 N–H and O–H groups in total. The molecule has 0 amide bonds. The lowest BCUT2D eigenvalue weighted by Crippen LogP contribution is -2.17. The lowest BCUT2D eigenvalue weighted by molar-refractivity contribution is 0.235. The van der Waals surface area contributed by atoms with E-state index in [1.165, 1.54) is 6.92 Å². The van der Waals surface area contributed by atoms with E-state index in [9.17, 15) is 8.42 Å². The van der Waals surface area contributed by atoms with Gasteiger partial charge in [0.2, 0.25) is 0 Å². The van der Waals surface area contributed by atoms with Crippen LogP contribution >= 0.6 is 0 Å². The van der Waals surface area contributed by atoms with Crippen molar-refractivity contribution in [2.75, 3.05) is 6.61 Å². The van der Waals surface area contributed by atoms with Gasteiger partial charge in [-0.25, -0.2) is 0 Å². The Hall–Kier alpha value is -0.130. The normalized spacial score (nSPS) is 15.1. The maximum absolute atomic E-state index is 10.3. The third kappa shape index (κ3) is 3.81. The van der Waals surface area contributed by atoms with Gasteiger partial charge in [-0.05, 0) is 13.3 Å². The Morgan fingerprint density at radius 1 is 1.70 bits per heavy atom. The van der Waals surface area contributed by atoms with Gasteiger partial charge in [0, 0.05) is 6.61 Å². The van der Waals surface area contributed by atoms with Crippen molar-refractivity contribution in [2.24, 2.45) is 0 Å². The minimum absolute atomic E-state index is 0.237. The molecule has 0 rings (SSSR count). The predicted octanol–water partition coefficient (Wildman–Crippen LogP) is 0.461. The molecule has 0 saturated heterocycles. The van der Waals surface area contributed by atoms with E-state index < -0.39 is 15.4 Å². The summed E-state index contributed by atoms with van der Waals surface area (Å²) in [6.07, 6.45) is 0.266. The van der Waals surface area contributed by atoms with Crippen LogP contribution in [0, 0.1) is 7.11 Å². The highest BCUT2D eigenvalue weighted by Crippen LogP contribution is 2.02. The van der Waals surface area contributed by atoms with Gasteiger partial charge < -0.3 is 4.74 Å². The minimum atomic E-state index is -3.88. The Kier molecular flexibility index (Phi) is 3.85. The van der Waals surface area contributed by atoms with Crippen LogP contribution in [0.2, 0.25) is 0 Å². The summed E-state index contributed by atoms with van der Waals surface area (Å²) in [4.78, 5) is 0. The second kappa shape index (κ2) is 3.90. The molecule has 4 nitrogen and oxygen atoms in total. The first-order valence-electron chi connectivity index (χ1n) is 2.81. The number of hydrogen-bond donors (Lipinski definition) is 1. The van der Waals surface area contributed by atoms with Gasteiger partial charge in [-0.2, -0.15) is 8.42 Å². The summed E-state index contributed by atoms with van der Waals surface area (Å²) in [7, 11) is -0.820. The van der Waals surface area contributed by atoms with Gasteiger partial charge in [-0.15, -0.1) is 0 Å². The van der Waals surface area contributed by atoms with Crippen LogP contribution in [0.4, 0.5) is 0 Å². The van der Waals surface area contributed by atoms with Gasteiger partial charge in [0.25, 0.3) is 10.1 Å². The zero-order valence-electron chi connectivity index (χ0n) is 5.78. The Labute approximate surface area is 60.9 Å². The van der Waals surface area contributed by atoms with Crippen LogP contribution in [0.1, 0.15) is 13.3 Å². The van der Waals surface area contributed by atoms with Crippen molar-refractivity contribution < 1.29 is 17.7 Å². The molecule has 5 heteroatoms. The van der Waals surface area contributed by atoms with E-state index in [-0.39, 0.29) is 13.0 Å². The van der Waals surface area contributed by atoms with E-state index in [4.69, 9.17) is 4.55 Å². The lowest BCUT2D eigenvalue weighted by atomic mass is 10.3. The highest BCUT2D eigenvalue weighted by atomic mass is 32.2. The molecule has 1 radical (unpaired) electrons. The highest BCUT2D eigenvalue weighted by Gasteiger charge is 2.15. The summed E-state index contributed by atoms with van der Waals surface area (Å²) in [5.41, 5.74) is 0. The molecular formula is C5H11O4S. The maximum Gasteiger partial charge on any atom is 0.267 e. The minimum Gasteiger partial charge on any atom is -0.379 e. The largest absolute Gasteiger partial charge is 0.379 e. The third-order valence-corrected chi connectivity index (χ3v) is 2.43. The summed E-state index contributed by atoms with van der Waals surface area (Å²) in [6, 6.07) is 0. The fourth-order valence-electron chi connectivity index (χ4n) is 0.398. The molecule has 10 heavy (non-hydrogen) atoms. The molecule has 1 unspecified atom stereocenters. The second-order valence-corrected chi connectivity index (χ2v) is 3.86. The van der Waals surface area contributed by atoms with Gasteiger partial charge in [0.15, 0.2) is 0 Å². The quantitative estimate of drug-likeness (QED) is 0.618. The fraction of sp³-hybridized carbons (Fsp3) is 0.800. The first kappa shape index (κ1) is 9.87. The maximum atomic E-state index is 10.3. The molecule has 0 bridgehead atoms. The molecule has 0 aromatic rings. The van der Waals surface area contributed by atoms with Crippen LogP contribution in [-0.2, 0) is 14.9 Å². The molecule has 0 spiro atoms. The Bertz CT molecular complexity index is 172. The lowest BCUT2D eigenvalue weighted by Gasteiger charge is -2.05. The zero-order valence-corrected chi connectivity index (χ0v) is 6.60. The molecule has 0 aromatic heterocycles. The first-order valence-corrected chi connectivity index (χ1v) is 4.32. The van der Waals surface area contributed by atoms with Crippen LogP contribution in [-0.4, -0.2) is 24.8 Å². The molecule has 0 fully saturated rings. The van der Waals surface area contributed by atoms with Crippen LogP contribution in [0.5, 0.6) is 0 Å². The van der Waals surface area contributed by atoms with Gasteiger partial charge in [0.1, 0.15) is 0 Å². The molecule has 0 heterocycles. The molecule has 61 valence electrons. The molecule has 0 saturated carbocycles. The fourth-order valence-corrected chi connectivity index (χ4v) is 0.792. The number of ether oxygens (including phenoxy) is 1. The standard InChI is InChI=1S/C5H11O4S/c1-5(3-4-9-2)10(6,7)8/h5H,2-4H2,1H3,(H,6,7,8). The molecule has 0 aliphatic carbocycles. The number of rotatable bonds is 4. The summed E-state index contributed by atoms with van der Waals surface area (Å²) < 4.78 is 33.4. The predicted molar refractivity (Wildman–Crippen MR) is 36.9 cm³/mol. The first-order chi connectivity index (χ1) is 4.48. The summed E-state index contributed by atoms with van der Waals surface area (Å²) in [5, 5.41) is -0.769. The summed E-state index contributed by atoms with van der Waals surface area (Å²) in [6.45, 7) is 1.65. The van der Waals surface area contributed by atoms with E-state index in [1.54, 1.807) is 0 Å². The Morgan fingerprint density at radius 2 is 2.20 bits per heavy atom. The summed E-state index contributed by atoms with van der Waals surface area (Å²) in [5.74, 6) is 0. The molecule has 0 aliphatic rings. The SMILES string of the molecule is [CH2]OCCC(C)S(=O)(=O)O. The zero-order chi connectivity index (χ0) is 8.20. The average molecular weight is 167 g/mol. The van der Waals surface area contributed by atoms with E-state index >= 15 is 0 Å². The van der Waals surface area contributed by atoms with Crippen LogP contribution in [0.25, 0.3) is 0 Å². The molecular weight excluding hydrogens is 156 g/mol. The van der Waals surface area contributed by atoms with Crippen LogP contribution < -0.4 is 0 Å². The van der Waals surface area contributed by atoms with Crippen molar-refractivity contribution in [2.45, 2.75) is 18.6 Å². The van der Waals surface area contributed by atoms with Crippen LogP contribution in [0.3, 0.4) is 0 Å². The van der Waals surface area contributed by atoms with E-state index in [2.05, 4.69) is 11.8 Å². The van der Waals surface area contributed by atoms with Gasteiger partial charge in [-0.3, -0.25) is 4.55 Å². The van der Waals surface area contributed by atoms with E-state index in [0.29, 0.717) is 0 Å². The third-order valence-electron chi connectivity index (χ3n) is 1.18. The van der Waals surface area contributed by atoms with Gasteiger partial charge in [-0.1, -0.05) is 0 Å². The van der Waals surface area contributed by atoms with Gasteiger partial charge >= 0.3 is 0 Å². The topological polar surface area (TPSA) is 63.6 Å². The second-order valence-electron chi connectivity index (χ2n) is 2.02. The van der Waals surface area contributed by atoms with Crippen molar-refractivity contribution in [1.29, 1.82) is 0 Å². The Balaban J connectivity index is 3.75. The molecule has 1 atom stereocenters. The Morgan fingerprint density at radius 3 is 2.50 bits per heavy atom.